The molecule has 2 aromatic carbocycles. The molecule has 0 fully saturated rings. The summed E-state index contributed by atoms with van der Waals surface area (Å²) in [5.41, 5.74) is 0.668. The minimum absolute atomic E-state index is 0.0293. The molecule has 1 heterocycles. The average molecular weight is 469 g/mol. The van der Waals surface area contributed by atoms with E-state index < -0.39 is 0 Å². The second kappa shape index (κ2) is 11.7. The molecule has 2 amide bonds. The summed E-state index contributed by atoms with van der Waals surface area (Å²) < 4.78 is 12.0. The zero-order valence-electron chi connectivity index (χ0n) is 19.2. The number of nitrogens with one attached hydrogen (secondary N) is 2. The lowest BCUT2D eigenvalue weighted by Gasteiger charge is -2.11. The molecule has 34 heavy (non-hydrogen) atoms. The van der Waals surface area contributed by atoms with Crippen molar-refractivity contribution < 1.29 is 24.2 Å². The van der Waals surface area contributed by atoms with Gasteiger partial charge in [-0.2, -0.15) is 0 Å². The van der Waals surface area contributed by atoms with Crippen LogP contribution in [0.25, 0.3) is 10.9 Å². The van der Waals surface area contributed by atoms with Crippen molar-refractivity contribution in [1.29, 1.82) is 0 Å². The van der Waals surface area contributed by atoms with Gasteiger partial charge in [-0.05, 0) is 37.1 Å². The molecule has 0 bridgehead atoms. The van der Waals surface area contributed by atoms with Gasteiger partial charge in [0.2, 0.25) is 5.91 Å². The Kier molecular flexibility index (Phi) is 8.44. The van der Waals surface area contributed by atoms with Crippen molar-refractivity contribution in [1.82, 2.24) is 20.2 Å². The summed E-state index contributed by atoms with van der Waals surface area (Å²) in [5.74, 6) is 0.557. The first-order chi connectivity index (χ1) is 16.4. The number of hydrogen-bond donors (Lipinski definition) is 3. The summed E-state index contributed by atoms with van der Waals surface area (Å²) in [6, 6.07) is 9.35. The first-order valence-electron chi connectivity index (χ1n) is 10.9. The van der Waals surface area contributed by atoms with Crippen LogP contribution in [0, 0.1) is 0 Å². The number of aromatic hydroxyl groups is 1. The molecule has 0 atom stereocenters. The number of rotatable bonds is 11. The Morgan fingerprint density at radius 2 is 1.76 bits per heavy atom. The SMILES string of the molecule is COc1cc2ncn(CCCC(=O)NCCCNC(=O)c3cccc(O)c3)c(=O)c2cc1OC. The van der Waals surface area contributed by atoms with E-state index in [-0.39, 0.29) is 29.5 Å². The number of aryl methyl sites for hydroxylation is 1. The Bertz CT molecular complexity index is 1220. The number of phenols is 1. The van der Waals surface area contributed by atoms with E-state index >= 15 is 0 Å². The number of aromatic nitrogens is 2. The molecule has 3 N–H and O–H groups in total. The van der Waals surface area contributed by atoms with Gasteiger partial charge in [-0.3, -0.25) is 19.0 Å². The van der Waals surface area contributed by atoms with Crippen LogP contribution in [0.3, 0.4) is 0 Å². The highest BCUT2D eigenvalue weighted by atomic mass is 16.5. The molecular weight excluding hydrogens is 440 g/mol. The Balaban J connectivity index is 1.41. The normalized spacial score (nSPS) is 10.6. The lowest BCUT2D eigenvalue weighted by molar-refractivity contribution is -0.121. The van der Waals surface area contributed by atoms with E-state index in [0.717, 1.165) is 0 Å². The quantitative estimate of drug-likeness (QED) is 0.366. The number of amides is 2. The fourth-order valence-electron chi connectivity index (χ4n) is 3.41. The predicted octanol–water partition coefficient (Wildman–Crippen LogP) is 1.84. The van der Waals surface area contributed by atoms with Crippen molar-refractivity contribution in [2.45, 2.75) is 25.8 Å². The van der Waals surface area contributed by atoms with Gasteiger partial charge in [-0.25, -0.2) is 4.98 Å². The van der Waals surface area contributed by atoms with Crippen molar-refractivity contribution in [3.63, 3.8) is 0 Å². The molecule has 3 aromatic rings. The third-order valence-corrected chi connectivity index (χ3v) is 5.20. The monoisotopic (exact) mass is 468 g/mol. The molecular formula is C24H28N4O6. The van der Waals surface area contributed by atoms with Gasteiger partial charge in [-0.1, -0.05) is 6.07 Å². The molecule has 10 heteroatoms. The van der Waals surface area contributed by atoms with Crippen LogP contribution in [-0.4, -0.2) is 53.8 Å². The molecule has 0 saturated carbocycles. The zero-order valence-corrected chi connectivity index (χ0v) is 19.2. The highest BCUT2D eigenvalue weighted by Crippen LogP contribution is 2.29. The van der Waals surface area contributed by atoms with Crippen LogP contribution in [0.1, 0.15) is 29.6 Å². The van der Waals surface area contributed by atoms with E-state index in [9.17, 15) is 19.5 Å². The van der Waals surface area contributed by atoms with Crippen molar-refractivity contribution in [2.24, 2.45) is 0 Å². The molecule has 0 aliphatic rings. The summed E-state index contributed by atoms with van der Waals surface area (Å²) >= 11 is 0. The van der Waals surface area contributed by atoms with Gasteiger partial charge < -0.3 is 25.2 Å². The van der Waals surface area contributed by atoms with Crippen molar-refractivity contribution >= 4 is 22.7 Å². The highest BCUT2D eigenvalue weighted by molar-refractivity contribution is 5.94. The highest BCUT2D eigenvalue weighted by Gasteiger charge is 2.11. The first kappa shape index (κ1) is 24.6. The number of fused-ring (bicyclic) bond motifs is 1. The Labute approximate surface area is 196 Å². The Hall–Kier alpha value is -4.08. The predicted molar refractivity (Wildman–Crippen MR) is 126 cm³/mol. The smallest absolute Gasteiger partial charge is 0.261 e. The largest absolute Gasteiger partial charge is 0.508 e. The standard InChI is InChI=1S/C24H28N4O6/c1-33-20-13-18-19(14-21(20)34-2)27-15-28(24(18)32)11-4-8-22(30)25-9-5-10-26-23(31)16-6-3-7-17(29)12-16/h3,6-7,12-15,29H,4-5,8-11H2,1-2H3,(H,25,30)(H,26,31). The van der Waals surface area contributed by atoms with Gasteiger partial charge in [0.1, 0.15) is 5.75 Å². The molecule has 3 rings (SSSR count). The van der Waals surface area contributed by atoms with Gasteiger partial charge in [0.15, 0.2) is 11.5 Å². The van der Waals surface area contributed by atoms with E-state index in [0.29, 0.717) is 60.4 Å². The number of carbonyl (C=O) groups is 2. The van der Waals surface area contributed by atoms with Gasteiger partial charge in [0, 0.05) is 37.7 Å². The molecule has 0 aliphatic carbocycles. The topological polar surface area (TPSA) is 132 Å². The van der Waals surface area contributed by atoms with Gasteiger partial charge in [0.25, 0.3) is 11.5 Å². The second-order valence-corrected chi connectivity index (χ2v) is 7.58. The lowest BCUT2D eigenvalue weighted by atomic mass is 10.2. The molecule has 0 aliphatic heterocycles. The van der Waals surface area contributed by atoms with E-state index in [2.05, 4.69) is 15.6 Å². The summed E-state index contributed by atoms with van der Waals surface area (Å²) in [6.07, 6.45) is 2.76. The maximum Gasteiger partial charge on any atom is 0.261 e. The van der Waals surface area contributed by atoms with Crippen LogP contribution in [-0.2, 0) is 11.3 Å². The minimum Gasteiger partial charge on any atom is -0.508 e. The first-order valence-corrected chi connectivity index (χ1v) is 10.9. The van der Waals surface area contributed by atoms with Gasteiger partial charge in [-0.15, -0.1) is 0 Å². The Morgan fingerprint density at radius 3 is 2.50 bits per heavy atom. The maximum atomic E-state index is 12.8. The zero-order chi connectivity index (χ0) is 24.5. The maximum absolute atomic E-state index is 12.8. The molecule has 1 aromatic heterocycles. The Morgan fingerprint density at radius 1 is 1.03 bits per heavy atom. The van der Waals surface area contributed by atoms with Crippen LogP contribution >= 0.6 is 0 Å². The van der Waals surface area contributed by atoms with Crippen molar-refractivity contribution in [3.05, 3.63) is 58.6 Å². The third-order valence-electron chi connectivity index (χ3n) is 5.20. The molecule has 10 nitrogen and oxygen atoms in total. The lowest BCUT2D eigenvalue weighted by Crippen LogP contribution is -2.30. The fourth-order valence-corrected chi connectivity index (χ4v) is 3.41. The number of nitrogens with zero attached hydrogens (tertiary/aromatic N) is 2. The summed E-state index contributed by atoms with van der Waals surface area (Å²) in [7, 11) is 3.02. The van der Waals surface area contributed by atoms with Crippen molar-refractivity contribution in [3.8, 4) is 17.2 Å². The molecule has 180 valence electrons. The molecule has 0 spiro atoms. The van der Waals surface area contributed by atoms with E-state index in [1.807, 2.05) is 0 Å². The van der Waals surface area contributed by atoms with Crippen molar-refractivity contribution in [2.75, 3.05) is 27.3 Å². The number of benzene rings is 2. The number of phenolic OH excluding ortho intramolecular Hbond substituents is 1. The fraction of sp³-hybridized carbons (Fsp3) is 0.333. The van der Waals surface area contributed by atoms with E-state index in [4.69, 9.17) is 9.47 Å². The molecule has 0 unspecified atom stereocenters. The third kappa shape index (κ3) is 6.25. The van der Waals surface area contributed by atoms with Crippen LogP contribution in [0.4, 0.5) is 0 Å². The number of carbonyl (C=O) groups excluding carboxylic acids is 2. The summed E-state index contributed by atoms with van der Waals surface area (Å²) in [4.78, 5) is 41.2. The van der Waals surface area contributed by atoms with Crippen LogP contribution < -0.4 is 25.7 Å². The molecule has 0 saturated heterocycles. The van der Waals surface area contributed by atoms with E-state index in [1.54, 1.807) is 24.3 Å². The number of ether oxygens (including phenoxy) is 2. The van der Waals surface area contributed by atoms with Crippen LogP contribution in [0.15, 0.2) is 47.5 Å². The summed E-state index contributed by atoms with van der Waals surface area (Å²) in [6.45, 7) is 1.16. The summed E-state index contributed by atoms with van der Waals surface area (Å²) in [5, 5.41) is 15.4. The number of hydrogen-bond acceptors (Lipinski definition) is 7. The second-order valence-electron chi connectivity index (χ2n) is 7.58. The van der Waals surface area contributed by atoms with Crippen LogP contribution in [0.2, 0.25) is 0 Å². The molecule has 0 radical (unpaired) electrons. The van der Waals surface area contributed by atoms with Gasteiger partial charge >= 0.3 is 0 Å². The number of methoxy groups -OCH3 is 2. The van der Waals surface area contributed by atoms with Gasteiger partial charge in [0.05, 0.1) is 31.4 Å². The average Bonchev–Trinajstić information content (AvgIpc) is 2.84. The minimum atomic E-state index is -0.285. The van der Waals surface area contributed by atoms with E-state index in [1.165, 1.54) is 37.2 Å². The van der Waals surface area contributed by atoms with Crippen LogP contribution in [0.5, 0.6) is 17.2 Å².